The minimum Gasteiger partial charge on any atom is -0.383 e. The van der Waals surface area contributed by atoms with Crippen molar-refractivity contribution in [1.29, 1.82) is 0 Å². The molecule has 0 saturated heterocycles. The molecule has 0 bridgehead atoms. The number of nitrogen functional groups attached to an aromatic ring is 1. The Bertz CT molecular complexity index is 2050. The maximum atomic E-state index is 13.9. The number of thiazole rings is 1. The van der Waals surface area contributed by atoms with Gasteiger partial charge in [-0.15, -0.1) is 16.4 Å². The van der Waals surface area contributed by atoms with Crippen LogP contribution in [-0.2, 0) is 0 Å². The first kappa shape index (κ1) is 26.2. The van der Waals surface area contributed by atoms with Crippen LogP contribution < -0.4 is 21.7 Å². The molecular formula is C33H26N8OS. The van der Waals surface area contributed by atoms with Crippen molar-refractivity contribution in [3.63, 3.8) is 0 Å². The highest BCUT2D eigenvalue weighted by Crippen LogP contribution is 2.40. The summed E-state index contributed by atoms with van der Waals surface area (Å²) in [6.45, 7) is 2.00. The smallest absolute Gasteiger partial charge is 0.263 e. The monoisotopic (exact) mass is 582 g/mol. The van der Waals surface area contributed by atoms with Crippen molar-refractivity contribution in [2.24, 2.45) is 0 Å². The van der Waals surface area contributed by atoms with E-state index in [1.165, 1.54) is 11.3 Å². The van der Waals surface area contributed by atoms with Crippen molar-refractivity contribution in [3.8, 4) is 10.6 Å². The van der Waals surface area contributed by atoms with Crippen LogP contribution in [-0.4, -0.2) is 25.5 Å². The molecule has 3 heterocycles. The Labute approximate surface area is 251 Å². The van der Waals surface area contributed by atoms with E-state index in [4.69, 9.17) is 20.8 Å². The molecule has 3 aromatic heterocycles. The second kappa shape index (κ2) is 10.9. The minimum absolute atomic E-state index is 0.223. The van der Waals surface area contributed by atoms with Crippen LogP contribution >= 0.6 is 11.3 Å². The number of carbonyl (C=O) groups is 1. The third kappa shape index (κ3) is 5.11. The zero-order valence-corrected chi connectivity index (χ0v) is 23.9. The highest BCUT2D eigenvalue weighted by molar-refractivity contribution is 7.21. The zero-order valence-electron chi connectivity index (χ0n) is 23.1. The molecule has 210 valence electrons. The molecule has 0 saturated carbocycles. The van der Waals surface area contributed by atoms with Gasteiger partial charge < -0.3 is 21.7 Å². The van der Waals surface area contributed by atoms with E-state index in [1.807, 2.05) is 116 Å². The summed E-state index contributed by atoms with van der Waals surface area (Å²) in [5.74, 6) is 0.724. The number of rotatable bonds is 7. The topological polar surface area (TPSA) is 122 Å². The molecule has 7 rings (SSSR count). The van der Waals surface area contributed by atoms with Gasteiger partial charge in [-0.1, -0.05) is 66.2 Å². The molecule has 0 atom stereocenters. The van der Waals surface area contributed by atoms with Crippen LogP contribution in [0.1, 0.15) is 15.9 Å². The van der Waals surface area contributed by atoms with Crippen molar-refractivity contribution in [3.05, 3.63) is 120 Å². The van der Waals surface area contributed by atoms with Gasteiger partial charge in [-0.3, -0.25) is 4.79 Å². The highest BCUT2D eigenvalue weighted by Gasteiger charge is 2.28. The summed E-state index contributed by atoms with van der Waals surface area (Å²) in [5, 5.41) is 15.4. The minimum atomic E-state index is -0.373. The molecule has 0 spiro atoms. The first-order valence-corrected chi connectivity index (χ1v) is 14.5. The Balaban J connectivity index is 1.46. The second-order valence-corrected chi connectivity index (χ2v) is 11.0. The highest BCUT2D eigenvalue weighted by atomic mass is 32.1. The fourth-order valence-electron chi connectivity index (χ4n) is 4.81. The molecule has 10 heteroatoms. The number of nitrogens with zero attached hydrogens (tertiary/aromatic N) is 4. The predicted octanol–water partition coefficient (Wildman–Crippen LogP) is 7.64. The fraction of sp³-hybridized carbons (Fsp3) is 0.0303. The van der Waals surface area contributed by atoms with E-state index < -0.39 is 0 Å². The third-order valence-corrected chi connectivity index (χ3v) is 7.96. The van der Waals surface area contributed by atoms with Gasteiger partial charge in [0, 0.05) is 17.1 Å². The van der Waals surface area contributed by atoms with Crippen LogP contribution in [0.3, 0.4) is 0 Å². The molecule has 0 radical (unpaired) electrons. The summed E-state index contributed by atoms with van der Waals surface area (Å²) < 4.78 is 2.65. The number of fused-ring (bicyclic) bond motifs is 2. The maximum Gasteiger partial charge on any atom is 0.263 e. The lowest BCUT2D eigenvalue weighted by molar-refractivity contribution is 0.102. The van der Waals surface area contributed by atoms with Crippen molar-refractivity contribution < 1.29 is 4.79 Å². The van der Waals surface area contributed by atoms with Crippen LogP contribution in [0.4, 0.5) is 34.5 Å². The van der Waals surface area contributed by atoms with E-state index in [0.29, 0.717) is 33.5 Å². The van der Waals surface area contributed by atoms with E-state index >= 15 is 0 Å². The van der Waals surface area contributed by atoms with Crippen LogP contribution in [0, 0.1) is 6.92 Å². The number of amides is 1. The van der Waals surface area contributed by atoms with Gasteiger partial charge in [-0.25, -0.2) is 9.97 Å². The molecule has 0 aliphatic heterocycles. The Kier molecular flexibility index (Phi) is 6.65. The number of benzene rings is 4. The largest absolute Gasteiger partial charge is 0.383 e. The Hall–Kier alpha value is -5.74. The number of carbonyl (C=O) groups excluding carboxylic acids is 1. The molecular weight excluding hydrogens is 556 g/mol. The molecule has 0 aliphatic carbocycles. The molecule has 0 fully saturated rings. The number of anilines is 6. The Morgan fingerprint density at radius 1 is 0.767 bits per heavy atom. The number of aromatic nitrogens is 4. The van der Waals surface area contributed by atoms with Gasteiger partial charge in [0.1, 0.15) is 22.2 Å². The molecule has 1 amide bonds. The Morgan fingerprint density at radius 3 is 2.12 bits per heavy atom. The number of hydrogen-bond acceptors (Lipinski definition) is 8. The van der Waals surface area contributed by atoms with E-state index in [0.717, 1.165) is 27.2 Å². The Morgan fingerprint density at radius 2 is 1.42 bits per heavy atom. The van der Waals surface area contributed by atoms with Crippen LogP contribution in [0.5, 0.6) is 0 Å². The summed E-state index contributed by atoms with van der Waals surface area (Å²) in [4.78, 5) is 23.6. The van der Waals surface area contributed by atoms with E-state index in [2.05, 4.69) is 16.0 Å². The standard InChI is InChI=1S/C33H26N8OS/c1-20-16-18-23(19-17-20)37-32(42)27-29(35-21-10-4-2-5-11-21)40-41-30(36-22-12-6-3-7-13-22)26(28(34)39-31(27)41)33-38-24-14-8-9-15-25(24)43-33/h2-19,36H,1H3,(H2,34,39)(H,35,40)(H,37,42). The van der Waals surface area contributed by atoms with E-state index in [-0.39, 0.29) is 17.3 Å². The molecule has 5 N–H and O–H groups in total. The summed E-state index contributed by atoms with van der Waals surface area (Å²) in [6.07, 6.45) is 0. The van der Waals surface area contributed by atoms with Gasteiger partial charge in [-0.2, -0.15) is 4.52 Å². The molecule has 0 aliphatic rings. The van der Waals surface area contributed by atoms with E-state index in [9.17, 15) is 4.79 Å². The third-order valence-electron chi connectivity index (χ3n) is 6.91. The lowest BCUT2D eigenvalue weighted by Gasteiger charge is -2.14. The van der Waals surface area contributed by atoms with Gasteiger partial charge in [0.15, 0.2) is 11.5 Å². The molecule has 4 aromatic carbocycles. The average Bonchev–Trinajstić information content (AvgIpc) is 3.60. The van der Waals surface area contributed by atoms with Gasteiger partial charge in [-0.05, 0) is 55.5 Å². The van der Waals surface area contributed by atoms with Gasteiger partial charge >= 0.3 is 0 Å². The SMILES string of the molecule is Cc1ccc(NC(=O)c2c(Nc3ccccc3)nn3c(Nc4ccccc4)c(-c4nc5ccccc5s4)c(N)nc23)cc1. The fourth-order valence-corrected chi connectivity index (χ4v) is 5.83. The van der Waals surface area contributed by atoms with Gasteiger partial charge in [0.05, 0.1) is 15.8 Å². The molecule has 0 unspecified atom stereocenters. The van der Waals surface area contributed by atoms with Crippen LogP contribution in [0.25, 0.3) is 26.4 Å². The van der Waals surface area contributed by atoms with Gasteiger partial charge in [0.2, 0.25) is 0 Å². The normalized spacial score (nSPS) is 11.1. The number of hydrogen-bond donors (Lipinski definition) is 4. The van der Waals surface area contributed by atoms with Crippen molar-refractivity contribution in [2.45, 2.75) is 6.92 Å². The first-order valence-electron chi connectivity index (χ1n) is 13.6. The molecule has 9 nitrogen and oxygen atoms in total. The summed E-state index contributed by atoms with van der Waals surface area (Å²) in [6, 6.07) is 34.8. The number of para-hydroxylation sites is 3. The average molecular weight is 583 g/mol. The quantitative estimate of drug-likeness (QED) is 0.152. The van der Waals surface area contributed by atoms with Crippen molar-refractivity contribution >= 4 is 67.6 Å². The van der Waals surface area contributed by atoms with E-state index in [1.54, 1.807) is 4.52 Å². The van der Waals surface area contributed by atoms with Crippen molar-refractivity contribution in [1.82, 2.24) is 19.6 Å². The molecule has 7 aromatic rings. The summed E-state index contributed by atoms with van der Waals surface area (Å²) in [5.41, 5.74) is 12.1. The summed E-state index contributed by atoms with van der Waals surface area (Å²) in [7, 11) is 0. The van der Waals surface area contributed by atoms with Crippen molar-refractivity contribution in [2.75, 3.05) is 21.7 Å². The number of aryl methyl sites for hydroxylation is 1. The number of nitrogens with two attached hydrogens (primary N) is 1. The summed E-state index contributed by atoms with van der Waals surface area (Å²) >= 11 is 1.51. The molecule has 43 heavy (non-hydrogen) atoms. The lowest BCUT2D eigenvalue weighted by atomic mass is 10.2. The van der Waals surface area contributed by atoms with Crippen LogP contribution in [0.15, 0.2) is 109 Å². The lowest BCUT2D eigenvalue weighted by Crippen LogP contribution is -2.14. The predicted molar refractivity (Wildman–Crippen MR) is 175 cm³/mol. The van der Waals surface area contributed by atoms with Crippen LogP contribution in [0.2, 0.25) is 0 Å². The first-order chi connectivity index (χ1) is 21.0. The zero-order chi connectivity index (χ0) is 29.3. The van der Waals surface area contributed by atoms with Gasteiger partial charge in [0.25, 0.3) is 5.91 Å². The number of nitrogens with one attached hydrogen (secondary N) is 3. The second-order valence-electron chi connectivity index (χ2n) is 9.97. The maximum absolute atomic E-state index is 13.9.